The number of aryl methyl sites for hydroxylation is 1. The summed E-state index contributed by atoms with van der Waals surface area (Å²) in [5, 5.41) is 11.8. The number of ether oxygens (including phenoxy) is 2. The number of carbonyl (C=O) groups is 1. The molecule has 3 rings (SSSR count). The normalized spacial score (nSPS) is 10.8. The monoisotopic (exact) mass is 416 g/mol. The molecule has 1 N–H and O–H groups in total. The molecule has 0 spiro atoms. The molecule has 0 aromatic heterocycles. The quantitative estimate of drug-likeness (QED) is 0.421. The van der Waals surface area contributed by atoms with Crippen LogP contribution in [0.3, 0.4) is 0 Å². The highest BCUT2D eigenvalue weighted by molar-refractivity contribution is 6.09. The first-order chi connectivity index (χ1) is 15.0. The first-order valence-electron chi connectivity index (χ1n) is 9.54. The molecule has 0 bridgehead atoms. The average molecular weight is 416 g/mol. The maximum Gasteiger partial charge on any atom is 0.266 e. The second-order valence-corrected chi connectivity index (χ2v) is 6.79. The van der Waals surface area contributed by atoms with Crippen molar-refractivity contribution in [3.8, 4) is 17.6 Å². The second kappa shape index (κ2) is 10.1. The number of benzene rings is 3. The molecule has 1 amide bonds. The molecule has 0 aliphatic carbocycles. The van der Waals surface area contributed by atoms with Crippen LogP contribution in [0.4, 0.5) is 10.1 Å². The predicted octanol–water partition coefficient (Wildman–Crippen LogP) is 5.27. The van der Waals surface area contributed by atoms with E-state index in [0.717, 1.165) is 11.1 Å². The zero-order chi connectivity index (χ0) is 22.2. The number of hydrogen-bond donors (Lipinski definition) is 1. The number of halogens is 1. The Kier molecular flexibility index (Phi) is 7.02. The van der Waals surface area contributed by atoms with E-state index in [1.165, 1.54) is 31.4 Å². The fourth-order valence-corrected chi connectivity index (χ4v) is 2.92. The van der Waals surface area contributed by atoms with Crippen LogP contribution in [0.15, 0.2) is 72.3 Å². The van der Waals surface area contributed by atoms with Crippen LogP contribution in [0.1, 0.15) is 16.7 Å². The number of para-hydroxylation sites is 1. The molecule has 5 nitrogen and oxygen atoms in total. The van der Waals surface area contributed by atoms with Crippen LogP contribution in [0.5, 0.6) is 11.5 Å². The van der Waals surface area contributed by atoms with E-state index in [4.69, 9.17) is 9.47 Å². The molecule has 6 heteroatoms. The average Bonchev–Trinajstić information content (AvgIpc) is 2.77. The van der Waals surface area contributed by atoms with Crippen molar-refractivity contribution >= 4 is 17.7 Å². The number of amides is 1. The van der Waals surface area contributed by atoms with E-state index < -0.39 is 11.7 Å². The van der Waals surface area contributed by atoms with Gasteiger partial charge in [-0.25, -0.2) is 4.39 Å². The van der Waals surface area contributed by atoms with Gasteiger partial charge in [-0.2, -0.15) is 5.26 Å². The highest BCUT2D eigenvalue weighted by atomic mass is 19.1. The fourth-order valence-electron chi connectivity index (χ4n) is 2.92. The van der Waals surface area contributed by atoms with Crippen molar-refractivity contribution in [1.82, 2.24) is 0 Å². The Bertz CT molecular complexity index is 1170. The highest BCUT2D eigenvalue weighted by Gasteiger charge is 2.13. The van der Waals surface area contributed by atoms with E-state index in [1.54, 1.807) is 24.3 Å². The van der Waals surface area contributed by atoms with E-state index in [2.05, 4.69) is 5.32 Å². The molecule has 0 fully saturated rings. The van der Waals surface area contributed by atoms with Gasteiger partial charge in [0.25, 0.3) is 5.91 Å². The number of methoxy groups -OCH3 is 1. The zero-order valence-electron chi connectivity index (χ0n) is 17.2. The van der Waals surface area contributed by atoms with Crippen LogP contribution in [0.25, 0.3) is 6.08 Å². The van der Waals surface area contributed by atoms with Crippen molar-refractivity contribution in [3.63, 3.8) is 0 Å². The summed E-state index contributed by atoms with van der Waals surface area (Å²) in [7, 11) is 1.51. The molecule has 0 radical (unpaired) electrons. The third-order valence-electron chi connectivity index (χ3n) is 4.46. The van der Waals surface area contributed by atoms with Gasteiger partial charge in [0.2, 0.25) is 0 Å². The summed E-state index contributed by atoms with van der Waals surface area (Å²) in [6.45, 7) is 2.39. The number of nitrogens with zero attached hydrogens (tertiary/aromatic N) is 1. The molecule has 3 aromatic rings. The van der Waals surface area contributed by atoms with Crippen LogP contribution in [-0.4, -0.2) is 13.0 Å². The number of nitrogens with one attached hydrogen (secondary N) is 1. The summed E-state index contributed by atoms with van der Waals surface area (Å²) < 4.78 is 25.0. The highest BCUT2D eigenvalue weighted by Crippen LogP contribution is 2.30. The summed E-state index contributed by atoms with van der Waals surface area (Å²) >= 11 is 0. The van der Waals surface area contributed by atoms with Crippen LogP contribution in [0, 0.1) is 24.1 Å². The molecule has 31 heavy (non-hydrogen) atoms. The first kappa shape index (κ1) is 21.6. The minimum Gasteiger partial charge on any atom is -0.493 e. The van der Waals surface area contributed by atoms with Crippen LogP contribution in [-0.2, 0) is 11.4 Å². The van der Waals surface area contributed by atoms with Crippen LogP contribution in [0.2, 0.25) is 0 Å². The molecule has 0 atom stereocenters. The Hall–Kier alpha value is -4.11. The van der Waals surface area contributed by atoms with Gasteiger partial charge in [0.15, 0.2) is 11.5 Å². The fraction of sp³-hybridized carbons (Fsp3) is 0.120. The number of rotatable bonds is 7. The molecule has 0 saturated heterocycles. The van der Waals surface area contributed by atoms with Crippen molar-refractivity contribution < 1.29 is 18.7 Å². The maximum atomic E-state index is 13.8. The number of nitriles is 1. The topological polar surface area (TPSA) is 71.3 Å². The van der Waals surface area contributed by atoms with Crippen molar-refractivity contribution in [2.45, 2.75) is 13.5 Å². The Morgan fingerprint density at radius 1 is 1.10 bits per heavy atom. The summed E-state index contributed by atoms with van der Waals surface area (Å²) in [5.41, 5.74) is 2.58. The molecule has 0 aliphatic rings. The SMILES string of the molecule is COc1cc(/C=C(\C#N)C(=O)Nc2ccccc2F)ccc1OCc1cccc(C)c1. The van der Waals surface area contributed by atoms with Gasteiger partial charge in [-0.1, -0.05) is 48.0 Å². The number of carbonyl (C=O) groups excluding carboxylic acids is 1. The zero-order valence-corrected chi connectivity index (χ0v) is 17.2. The smallest absolute Gasteiger partial charge is 0.266 e. The van der Waals surface area contributed by atoms with E-state index in [0.29, 0.717) is 23.7 Å². The van der Waals surface area contributed by atoms with E-state index in [1.807, 2.05) is 37.3 Å². The summed E-state index contributed by atoms with van der Waals surface area (Å²) in [4.78, 5) is 12.4. The van der Waals surface area contributed by atoms with E-state index in [9.17, 15) is 14.4 Å². The lowest BCUT2D eigenvalue weighted by atomic mass is 10.1. The molecular formula is C25H21FN2O3. The van der Waals surface area contributed by atoms with Gasteiger partial charge >= 0.3 is 0 Å². The predicted molar refractivity (Wildman–Crippen MR) is 117 cm³/mol. The summed E-state index contributed by atoms with van der Waals surface area (Å²) in [6, 6.07) is 20.7. The number of hydrogen-bond acceptors (Lipinski definition) is 4. The molecule has 0 aliphatic heterocycles. The Labute approximate surface area is 180 Å². The summed E-state index contributed by atoms with van der Waals surface area (Å²) in [5.74, 6) is -0.278. The Balaban J connectivity index is 1.76. The van der Waals surface area contributed by atoms with Crippen LogP contribution < -0.4 is 14.8 Å². The van der Waals surface area contributed by atoms with Gasteiger partial charge < -0.3 is 14.8 Å². The third kappa shape index (κ3) is 5.71. The Morgan fingerprint density at radius 3 is 2.61 bits per heavy atom. The minimum absolute atomic E-state index is 0.00567. The van der Waals surface area contributed by atoms with Crippen molar-refractivity contribution in [2.24, 2.45) is 0 Å². The second-order valence-electron chi connectivity index (χ2n) is 6.79. The lowest BCUT2D eigenvalue weighted by Crippen LogP contribution is -2.14. The van der Waals surface area contributed by atoms with Crippen molar-refractivity contribution in [1.29, 1.82) is 5.26 Å². The van der Waals surface area contributed by atoms with Gasteiger partial charge in [0.05, 0.1) is 12.8 Å². The molecule has 0 saturated carbocycles. The van der Waals surface area contributed by atoms with Crippen molar-refractivity contribution in [2.75, 3.05) is 12.4 Å². The standard InChI is InChI=1S/C25H21FN2O3/c1-17-6-5-7-19(12-17)16-31-23-11-10-18(14-24(23)30-2)13-20(15-27)25(29)28-22-9-4-3-8-21(22)26/h3-14H,16H2,1-2H3,(H,28,29)/b20-13+. The maximum absolute atomic E-state index is 13.8. The summed E-state index contributed by atoms with van der Waals surface area (Å²) in [6.07, 6.45) is 1.41. The van der Waals surface area contributed by atoms with Crippen LogP contribution >= 0.6 is 0 Å². The molecule has 3 aromatic carbocycles. The first-order valence-corrected chi connectivity index (χ1v) is 9.54. The molecule has 0 heterocycles. The van der Waals surface area contributed by atoms with E-state index >= 15 is 0 Å². The van der Waals surface area contributed by atoms with E-state index in [-0.39, 0.29) is 11.3 Å². The lowest BCUT2D eigenvalue weighted by molar-refractivity contribution is -0.112. The van der Waals surface area contributed by atoms with Gasteiger partial charge in [-0.15, -0.1) is 0 Å². The molecular weight excluding hydrogens is 395 g/mol. The largest absolute Gasteiger partial charge is 0.493 e. The minimum atomic E-state index is -0.702. The lowest BCUT2D eigenvalue weighted by Gasteiger charge is -2.12. The third-order valence-corrected chi connectivity index (χ3v) is 4.46. The van der Waals surface area contributed by atoms with Gasteiger partial charge in [-0.05, 0) is 48.4 Å². The molecule has 156 valence electrons. The molecule has 0 unspecified atom stereocenters. The van der Waals surface area contributed by atoms with Gasteiger partial charge in [0.1, 0.15) is 24.1 Å². The van der Waals surface area contributed by atoms with Crippen molar-refractivity contribution in [3.05, 3.63) is 94.8 Å². The Morgan fingerprint density at radius 2 is 1.90 bits per heavy atom. The van der Waals surface area contributed by atoms with Gasteiger partial charge in [-0.3, -0.25) is 4.79 Å². The van der Waals surface area contributed by atoms with Gasteiger partial charge in [0, 0.05) is 0 Å². The number of anilines is 1.